The maximum atomic E-state index is 15.0. The van der Waals surface area contributed by atoms with Crippen molar-refractivity contribution in [1.82, 2.24) is 24.5 Å². The molecular formula is C32H30F2N6O6S. The molecule has 47 heavy (non-hydrogen) atoms. The first-order chi connectivity index (χ1) is 22.6. The number of aromatic nitrogens is 3. The third kappa shape index (κ3) is 6.51. The molecule has 0 radical (unpaired) electrons. The second-order valence-corrected chi connectivity index (χ2v) is 12.0. The van der Waals surface area contributed by atoms with Crippen LogP contribution in [0.1, 0.15) is 11.1 Å². The molecule has 3 aromatic heterocycles. The second-order valence-electron chi connectivity index (χ2n) is 11.0. The summed E-state index contributed by atoms with van der Waals surface area (Å²) in [6, 6.07) is 14.5. The minimum Gasteiger partial charge on any atom is -0.469 e. The minimum absolute atomic E-state index is 0.00397. The van der Waals surface area contributed by atoms with Gasteiger partial charge in [-0.25, -0.2) is 28.4 Å². The number of nitrogens with zero attached hydrogens (tertiary/aromatic N) is 4. The zero-order chi connectivity index (χ0) is 33.2. The molecule has 0 spiro atoms. The summed E-state index contributed by atoms with van der Waals surface area (Å²) < 4.78 is 43.0. The number of ether oxygens (including phenoxy) is 2. The van der Waals surface area contributed by atoms with Gasteiger partial charge in [-0.15, -0.1) is 11.3 Å². The van der Waals surface area contributed by atoms with Gasteiger partial charge < -0.3 is 19.7 Å². The molecule has 0 unspecified atom stereocenters. The zero-order valence-corrected chi connectivity index (χ0v) is 26.4. The van der Waals surface area contributed by atoms with E-state index in [1.807, 2.05) is 19.0 Å². The lowest BCUT2D eigenvalue weighted by Crippen LogP contribution is -2.40. The number of halogens is 2. The average molecular weight is 665 g/mol. The van der Waals surface area contributed by atoms with Gasteiger partial charge in [0.25, 0.3) is 5.56 Å². The molecule has 12 nitrogen and oxygen atoms in total. The van der Waals surface area contributed by atoms with Crippen molar-refractivity contribution in [2.24, 2.45) is 0 Å². The van der Waals surface area contributed by atoms with Crippen molar-refractivity contribution < 1.29 is 27.9 Å². The Bertz CT molecular complexity index is 2050. The van der Waals surface area contributed by atoms with E-state index in [4.69, 9.17) is 9.47 Å². The average Bonchev–Trinajstić information content (AvgIpc) is 3.37. The van der Waals surface area contributed by atoms with E-state index in [0.717, 1.165) is 28.0 Å². The first-order valence-electron chi connectivity index (χ1n) is 14.5. The molecule has 5 aromatic rings. The number of anilines is 1. The summed E-state index contributed by atoms with van der Waals surface area (Å²) >= 11 is 1.16. The number of urea groups is 1. The van der Waals surface area contributed by atoms with E-state index >= 15 is 0 Å². The fourth-order valence-electron chi connectivity index (χ4n) is 5.15. The smallest absolute Gasteiger partial charge is 0.343 e. The molecular weight excluding hydrogens is 634 g/mol. The van der Waals surface area contributed by atoms with Crippen molar-refractivity contribution in [3.63, 3.8) is 0 Å². The van der Waals surface area contributed by atoms with Gasteiger partial charge in [-0.1, -0.05) is 24.3 Å². The monoisotopic (exact) mass is 664 g/mol. The highest BCUT2D eigenvalue weighted by Crippen LogP contribution is 2.38. The molecule has 6 rings (SSSR count). The van der Waals surface area contributed by atoms with E-state index in [-0.39, 0.29) is 33.6 Å². The molecule has 1 saturated heterocycles. The molecule has 2 aromatic carbocycles. The van der Waals surface area contributed by atoms with Gasteiger partial charge in [0, 0.05) is 28.7 Å². The Balaban J connectivity index is 1.58. The quantitative estimate of drug-likeness (QED) is 0.214. The summed E-state index contributed by atoms with van der Waals surface area (Å²) in [5.41, 5.74) is 2.16. The Morgan fingerprint density at radius 2 is 1.74 bits per heavy atom. The molecule has 1 aliphatic rings. The number of carbonyl (C=O) groups excluding carboxylic acids is 1. The van der Waals surface area contributed by atoms with Gasteiger partial charge in [-0.2, -0.15) is 4.98 Å². The summed E-state index contributed by atoms with van der Waals surface area (Å²) in [5.74, 6) is -1.47. The zero-order valence-electron chi connectivity index (χ0n) is 25.6. The fourth-order valence-corrected chi connectivity index (χ4v) is 6.46. The highest BCUT2D eigenvalue weighted by molar-refractivity contribution is 7.22. The van der Waals surface area contributed by atoms with Crippen LogP contribution in [0.15, 0.2) is 70.3 Å². The van der Waals surface area contributed by atoms with Crippen LogP contribution in [-0.2, 0) is 22.7 Å². The van der Waals surface area contributed by atoms with E-state index in [0.29, 0.717) is 41.4 Å². The fraction of sp³-hybridized carbons (Fsp3) is 0.250. The summed E-state index contributed by atoms with van der Waals surface area (Å²) in [6.45, 7) is 0.595. The summed E-state index contributed by atoms with van der Waals surface area (Å²) in [6.07, 6.45) is -0.209. The number of nitrogens with one attached hydrogen (secondary N) is 2. The number of thiophene rings is 1. The van der Waals surface area contributed by atoms with Crippen LogP contribution in [0.3, 0.4) is 0 Å². The number of rotatable bonds is 10. The van der Waals surface area contributed by atoms with Crippen molar-refractivity contribution in [1.29, 1.82) is 0 Å². The molecule has 2 amide bonds. The van der Waals surface area contributed by atoms with Gasteiger partial charge in [0.15, 0.2) is 0 Å². The standard InChI is InChI=1S/C32H30F2N6O6S/c1-38(2)14-22-27-29(41)40(25-8-5-9-26(36-25)46-20-16-45-17-20)32(43)39(15-21-23(33)6-4-7-24(21)34)30(27)47-28(22)18-10-12-19(13-11-18)35-31(42)37-44-3/h4-13,20H,14-17H2,1-3H3,(H2,35,37,42). The van der Waals surface area contributed by atoms with Crippen molar-refractivity contribution in [2.45, 2.75) is 19.2 Å². The molecule has 1 fully saturated rings. The number of hydrogen-bond acceptors (Lipinski definition) is 9. The third-order valence-electron chi connectivity index (χ3n) is 7.36. The predicted molar refractivity (Wildman–Crippen MR) is 172 cm³/mol. The topological polar surface area (TPSA) is 129 Å². The molecule has 244 valence electrons. The molecule has 4 heterocycles. The summed E-state index contributed by atoms with van der Waals surface area (Å²) in [7, 11) is 4.99. The molecule has 1 aliphatic heterocycles. The Morgan fingerprint density at radius 3 is 2.38 bits per heavy atom. The molecule has 0 saturated carbocycles. The lowest BCUT2D eigenvalue weighted by molar-refractivity contribution is -0.0813. The summed E-state index contributed by atoms with van der Waals surface area (Å²) in [5, 5.41) is 2.84. The van der Waals surface area contributed by atoms with E-state index < -0.39 is 35.5 Å². The molecule has 15 heteroatoms. The van der Waals surface area contributed by atoms with Crippen LogP contribution in [0.4, 0.5) is 19.3 Å². The Morgan fingerprint density at radius 1 is 1.04 bits per heavy atom. The number of benzene rings is 2. The van der Waals surface area contributed by atoms with Gasteiger partial charge in [-0.05, 0) is 55.6 Å². The number of amides is 2. The van der Waals surface area contributed by atoms with Crippen LogP contribution in [0.25, 0.3) is 26.5 Å². The number of carbonyl (C=O) groups is 1. The van der Waals surface area contributed by atoms with Crippen molar-refractivity contribution in [3.8, 4) is 22.1 Å². The summed E-state index contributed by atoms with van der Waals surface area (Å²) in [4.78, 5) is 52.4. The second kappa shape index (κ2) is 13.4. The minimum atomic E-state index is -0.829. The number of fused-ring (bicyclic) bond motifs is 1. The lowest BCUT2D eigenvalue weighted by Gasteiger charge is -2.26. The third-order valence-corrected chi connectivity index (χ3v) is 8.66. The highest BCUT2D eigenvalue weighted by atomic mass is 32.1. The van der Waals surface area contributed by atoms with Crippen LogP contribution < -0.4 is 26.8 Å². The van der Waals surface area contributed by atoms with Crippen LogP contribution in [0.5, 0.6) is 5.88 Å². The Kier molecular flexibility index (Phi) is 9.13. The van der Waals surface area contributed by atoms with Gasteiger partial charge >= 0.3 is 11.7 Å². The van der Waals surface area contributed by atoms with Crippen molar-refractivity contribution in [3.05, 3.63) is 104 Å². The molecule has 0 atom stereocenters. The van der Waals surface area contributed by atoms with Gasteiger partial charge in [-0.3, -0.25) is 14.2 Å². The molecule has 0 aliphatic carbocycles. The van der Waals surface area contributed by atoms with E-state index in [1.165, 1.54) is 23.8 Å². The molecule has 2 N–H and O–H groups in total. The van der Waals surface area contributed by atoms with Gasteiger partial charge in [0.05, 0.1) is 32.3 Å². The number of hydrogen-bond donors (Lipinski definition) is 2. The maximum absolute atomic E-state index is 15.0. The van der Waals surface area contributed by atoms with Crippen LogP contribution in [0, 0.1) is 11.6 Å². The largest absolute Gasteiger partial charge is 0.469 e. The molecule has 0 bridgehead atoms. The van der Waals surface area contributed by atoms with Crippen LogP contribution in [-0.4, -0.2) is 65.6 Å². The van der Waals surface area contributed by atoms with E-state index in [9.17, 15) is 23.2 Å². The Hall–Kier alpha value is -4.96. The Labute approximate surface area is 270 Å². The van der Waals surface area contributed by atoms with E-state index in [1.54, 1.807) is 36.4 Å². The normalized spacial score (nSPS) is 13.1. The number of hydroxylamine groups is 1. The number of pyridine rings is 1. The SMILES string of the molecule is CONC(=O)Nc1ccc(-c2sc3c(c2CN(C)C)c(=O)n(-c2cccc(OC4COC4)n2)c(=O)n3Cc2c(F)cccc2F)cc1. The maximum Gasteiger partial charge on any atom is 0.343 e. The first kappa shape index (κ1) is 32.0. The van der Waals surface area contributed by atoms with Gasteiger partial charge in [0.1, 0.15) is 28.4 Å². The first-order valence-corrected chi connectivity index (χ1v) is 15.3. The van der Waals surface area contributed by atoms with Crippen LogP contribution >= 0.6 is 11.3 Å². The highest BCUT2D eigenvalue weighted by Gasteiger charge is 2.26. The van der Waals surface area contributed by atoms with Crippen molar-refractivity contribution >= 4 is 33.3 Å². The van der Waals surface area contributed by atoms with Crippen LogP contribution in [0.2, 0.25) is 0 Å². The van der Waals surface area contributed by atoms with Crippen molar-refractivity contribution in [2.75, 3.05) is 39.7 Å². The predicted octanol–water partition coefficient (Wildman–Crippen LogP) is 4.12. The lowest BCUT2D eigenvalue weighted by atomic mass is 10.1. The van der Waals surface area contributed by atoms with Gasteiger partial charge in [0.2, 0.25) is 5.88 Å². The van der Waals surface area contributed by atoms with E-state index in [2.05, 4.69) is 20.6 Å².